The molecule has 2 aromatic rings. The minimum Gasteiger partial charge on any atom is -0.464 e. The van der Waals surface area contributed by atoms with Crippen molar-refractivity contribution in [2.75, 3.05) is 0 Å². The van der Waals surface area contributed by atoms with Crippen LogP contribution in [0, 0.1) is 5.41 Å². The highest BCUT2D eigenvalue weighted by Gasteiger charge is 2.45. The van der Waals surface area contributed by atoms with E-state index >= 15 is 0 Å². The summed E-state index contributed by atoms with van der Waals surface area (Å²) in [4.78, 5) is 13.0. The van der Waals surface area contributed by atoms with Crippen LogP contribution in [0.1, 0.15) is 26.3 Å². The fourth-order valence-corrected chi connectivity index (χ4v) is 3.21. The van der Waals surface area contributed by atoms with E-state index in [-0.39, 0.29) is 5.78 Å². The SMILES string of the molecule is CC(C)(C)C(=O)C(Br)(Oc1ccc(Cl)cc1)c1ccccc1. The van der Waals surface area contributed by atoms with Crippen LogP contribution in [0.25, 0.3) is 0 Å². The second-order valence-corrected chi connectivity index (χ2v) is 7.65. The van der Waals surface area contributed by atoms with Gasteiger partial charge in [-0.2, -0.15) is 0 Å². The normalized spacial score (nSPS) is 14.2. The minimum atomic E-state index is -1.24. The Bertz CT molecular complexity index is 647. The molecule has 0 bridgehead atoms. The molecule has 0 aliphatic rings. The first-order chi connectivity index (χ1) is 10.2. The number of ether oxygens (including phenoxy) is 1. The van der Waals surface area contributed by atoms with Gasteiger partial charge in [0.25, 0.3) is 0 Å². The number of halogens is 2. The Morgan fingerprint density at radius 3 is 2.05 bits per heavy atom. The molecule has 0 spiro atoms. The van der Waals surface area contributed by atoms with Gasteiger partial charge in [-0.05, 0) is 40.2 Å². The molecule has 0 amide bonds. The summed E-state index contributed by atoms with van der Waals surface area (Å²) in [5.74, 6) is 0.517. The van der Waals surface area contributed by atoms with Crippen molar-refractivity contribution in [3.8, 4) is 5.75 Å². The van der Waals surface area contributed by atoms with Gasteiger partial charge in [0.15, 0.2) is 5.78 Å². The first-order valence-corrected chi connectivity index (χ1v) is 8.14. The molecule has 0 saturated heterocycles. The third-order valence-electron chi connectivity index (χ3n) is 3.19. The van der Waals surface area contributed by atoms with E-state index in [0.29, 0.717) is 10.8 Å². The zero-order valence-electron chi connectivity index (χ0n) is 12.8. The topological polar surface area (TPSA) is 26.3 Å². The van der Waals surface area contributed by atoms with Crippen molar-refractivity contribution in [2.45, 2.75) is 25.3 Å². The molecule has 2 nitrogen and oxygen atoms in total. The van der Waals surface area contributed by atoms with E-state index in [1.807, 2.05) is 51.1 Å². The van der Waals surface area contributed by atoms with Gasteiger partial charge in [-0.25, -0.2) is 0 Å². The van der Waals surface area contributed by atoms with E-state index in [2.05, 4.69) is 15.9 Å². The predicted octanol–water partition coefficient (Wildman–Crippen LogP) is 5.58. The monoisotopic (exact) mass is 380 g/mol. The highest BCUT2D eigenvalue weighted by molar-refractivity contribution is 9.10. The summed E-state index contributed by atoms with van der Waals surface area (Å²) < 4.78 is 4.80. The summed E-state index contributed by atoms with van der Waals surface area (Å²) in [6, 6.07) is 16.4. The molecule has 0 heterocycles. The van der Waals surface area contributed by atoms with Crippen LogP contribution < -0.4 is 4.74 Å². The van der Waals surface area contributed by atoms with Gasteiger partial charge in [0.2, 0.25) is 4.51 Å². The van der Waals surface area contributed by atoms with Crippen LogP contribution in [0.2, 0.25) is 5.02 Å². The van der Waals surface area contributed by atoms with Crippen molar-refractivity contribution >= 4 is 33.3 Å². The van der Waals surface area contributed by atoms with E-state index < -0.39 is 9.93 Å². The molecule has 22 heavy (non-hydrogen) atoms. The third-order valence-corrected chi connectivity index (χ3v) is 4.42. The summed E-state index contributed by atoms with van der Waals surface area (Å²) in [7, 11) is 0. The smallest absolute Gasteiger partial charge is 0.247 e. The highest BCUT2D eigenvalue weighted by atomic mass is 79.9. The molecular weight excluding hydrogens is 364 g/mol. The molecule has 0 saturated carbocycles. The predicted molar refractivity (Wildman–Crippen MR) is 93.6 cm³/mol. The maximum atomic E-state index is 13.0. The Hall–Kier alpha value is -1.32. The van der Waals surface area contributed by atoms with Crippen molar-refractivity contribution < 1.29 is 9.53 Å². The number of alkyl halides is 1. The lowest BCUT2D eigenvalue weighted by Crippen LogP contribution is -2.42. The molecule has 0 fully saturated rings. The van der Waals surface area contributed by atoms with Gasteiger partial charge in [-0.15, -0.1) is 0 Å². The van der Waals surface area contributed by atoms with E-state index in [1.165, 1.54) is 0 Å². The average Bonchev–Trinajstić information content (AvgIpc) is 2.49. The van der Waals surface area contributed by atoms with Crippen molar-refractivity contribution in [1.29, 1.82) is 0 Å². The van der Waals surface area contributed by atoms with Crippen LogP contribution >= 0.6 is 27.5 Å². The van der Waals surface area contributed by atoms with Gasteiger partial charge in [-0.1, -0.05) is 62.7 Å². The molecule has 0 N–H and O–H groups in total. The van der Waals surface area contributed by atoms with Crippen LogP contribution in [0.3, 0.4) is 0 Å². The lowest BCUT2D eigenvalue weighted by molar-refractivity contribution is -0.135. The number of carbonyl (C=O) groups is 1. The highest BCUT2D eigenvalue weighted by Crippen LogP contribution is 2.40. The summed E-state index contributed by atoms with van der Waals surface area (Å²) in [6.07, 6.45) is 0. The third kappa shape index (κ3) is 3.71. The molecule has 1 atom stereocenters. The lowest BCUT2D eigenvalue weighted by atomic mass is 9.85. The Labute approximate surface area is 144 Å². The van der Waals surface area contributed by atoms with E-state index in [1.54, 1.807) is 24.3 Å². The number of rotatable bonds is 4. The maximum absolute atomic E-state index is 13.0. The standard InChI is InChI=1S/C18H18BrClO2/c1-17(2,3)16(21)18(19,13-7-5-4-6-8-13)22-15-11-9-14(20)10-12-15/h4-12H,1-3H3. The molecule has 0 aromatic heterocycles. The van der Waals surface area contributed by atoms with Gasteiger partial charge in [0.1, 0.15) is 5.75 Å². The number of benzene rings is 2. The van der Waals surface area contributed by atoms with Crippen molar-refractivity contribution in [2.24, 2.45) is 5.41 Å². The number of ketones is 1. The molecular formula is C18H18BrClO2. The Balaban J connectivity index is 2.46. The molecule has 2 aromatic carbocycles. The fraction of sp³-hybridized carbons (Fsp3) is 0.278. The summed E-state index contributed by atoms with van der Waals surface area (Å²) in [5, 5.41) is 0.620. The number of carbonyl (C=O) groups excluding carboxylic acids is 1. The summed E-state index contributed by atoms with van der Waals surface area (Å²) >= 11 is 9.45. The molecule has 0 radical (unpaired) electrons. The van der Waals surface area contributed by atoms with Crippen LogP contribution in [0.15, 0.2) is 54.6 Å². The molecule has 0 aliphatic heterocycles. The van der Waals surface area contributed by atoms with Gasteiger partial charge in [0.05, 0.1) is 0 Å². The van der Waals surface area contributed by atoms with Crippen LogP contribution in [0.5, 0.6) is 5.75 Å². The Morgan fingerprint density at radius 1 is 1.00 bits per heavy atom. The zero-order valence-corrected chi connectivity index (χ0v) is 15.1. The second kappa shape index (κ2) is 6.43. The zero-order chi connectivity index (χ0) is 16.4. The largest absolute Gasteiger partial charge is 0.464 e. The minimum absolute atomic E-state index is 0.0545. The van der Waals surface area contributed by atoms with Gasteiger partial charge in [-0.3, -0.25) is 4.79 Å². The number of hydrogen-bond acceptors (Lipinski definition) is 2. The lowest BCUT2D eigenvalue weighted by Gasteiger charge is -2.33. The van der Waals surface area contributed by atoms with E-state index in [9.17, 15) is 4.79 Å². The van der Waals surface area contributed by atoms with Crippen molar-refractivity contribution in [1.82, 2.24) is 0 Å². The molecule has 2 rings (SSSR count). The first kappa shape index (κ1) is 17.0. The number of hydrogen-bond donors (Lipinski definition) is 0. The number of Topliss-reactive ketones (excluding diaryl/α,β-unsaturated/α-hetero) is 1. The fourth-order valence-electron chi connectivity index (χ4n) is 2.04. The Kier molecular flexibility index (Phi) is 4.98. The van der Waals surface area contributed by atoms with Gasteiger partial charge in [0, 0.05) is 16.0 Å². The van der Waals surface area contributed by atoms with Crippen LogP contribution in [-0.4, -0.2) is 5.78 Å². The van der Waals surface area contributed by atoms with E-state index in [0.717, 1.165) is 5.56 Å². The van der Waals surface area contributed by atoms with Crippen LogP contribution in [-0.2, 0) is 9.30 Å². The second-order valence-electron chi connectivity index (χ2n) is 6.10. The van der Waals surface area contributed by atoms with Crippen molar-refractivity contribution in [3.63, 3.8) is 0 Å². The molecule has 0 aliphatic carbocycles. The average molecular weight is 382 g/mol. The summed E-state index contributed by atoms with van der Waals surface area (Å²) in [5.41, 5.74) is 0.191. The summed E-state index contributed by atoms with van der Waals surface area (Å²) in [6.45, 7) is 5.62. The first-order valence-electron chi connectivity index (χ1n) is 6.97. The van der Waals surface area contributed by atoms with Crippen LogP contribution in [0.4, 0.5) is 0 Å². The van der Waals surface area contributed by atoms with Crippen molar-refractivity contribution in [3.05, 3.63) is 65.2 Å². The molecule has 116 valence electrons. The maximum Gasteiger partial charge on any atom is 0.247 e. The van der Waals surface area contributed by atoms with E-state index in [4.69, 9.17) is 16.3 Å². The van der Waals surface area contributed by atoms with Gasteiger partial charge >= 0.3 is 0 Å². The quantitative estimate of drug-likeness (QED) is 0.646. The molecule has 1 unspecified atom stereocenters. The Morgan fingerprint density at radius 2 is 1.55 bits per heavy atom. The van der Waals surface area contributed by atoms with Gasteiger partial charge < -0.3 is 4.74 Å². The molecule has 4 heteroatoms.